The summed E-state index contributed by atoms with van der Waals surface area (Å²) < 4.78 is 0. The van der Waals surface area contributed by atoms with Crippen LogP contribution in [-0.4, -0.2) is 22.5 Å². The highest BCUT2D eigenvalue weighted by Crippen LogP contribution is 2.30. The molecular formula is C11H12N2O4. The lowest BCUT2D eigenvalue weighted by molar-refractivity contribution is -0.384. The average molecular weight is 236 g/mol. The number of benzene rings is 1. The van der Waals surface area contributed by atoms with E-state index in [1.165, 1.54) is 6.07 Å². The number of rotatable bonds is 2. The highest BCUT2D eigenvalue weighted by atomic mass is 16.6. The molecule has 1 aromatic rings. The van der Waals surface area contributed by atoms with Crippen molar-refractivity contribution >= 4 is 17.3 Å². The number of hydrogen-bond donors (Lipinski definition) is 2. The molecule has 6 heteroatoms. The predicted octanol–water partition coefficient (Wildman–Crippen LogP) is 2.04. The maximum Gasteiger partial charge on any atom is 0.338 e. The molecule has 0 spiro atoms. The van der Waals surface area contributed by atoms with Crippen LogP contribution in [0.4, 0.5) is 11.4 Å². The molecule has 0 saturated heterocycles. The Morgan fingerprint density at radius 3 is 2.82 bits per heavy atom. The number of nitro benzene ring substituents is 1. The van der Waals surface area contributed by atoms with Crippen molar-refractivity contribution in [3.05, 3.63) is 33.4 Å². The van der Waals surface area contributed by atoms with E-state index in [2.05, 4.69) is 5.32 Å². The van der Waals surface area contributed by atoms with Crippen LogP contribution < -0.4 is 5.32 Å². The van der Waals surface area contributed by atoms with Gasteiger partial charge in [0.1, 0.15) is 0 Å². The second-order valence-corrected chi connectivity index (χ2v) is 3.97. The summed E-state index contributed by atoms with van der Waals surface area (Å²) in [6.45, 7) is 0.699. The highest BCUT2D eigenvalue weighted by molar-refractivity contribution is 5.96. The third-order valence-corrected chi connectivity index (χ3v) is 2.82. The number of carboxylic acids is 1. The average Bonchev–Trinajstić information content (AvgIpc) is 2.51. The van der Waals surface area contributed by atoms with Gasteiger partial charge in [0.2, 0.25) is 0 Å². The summed E-state index contributed by atoms with van der Waals surface area (Å²) in [7, 11) is 0. The largest absolute Gasteiger partial charge is 0.478 e. The Morgan fingerprint density at radius 2 is 2.18 bits per heavy atom. The van der Waals surface area contributed by atoms with Crippen LogP contribution in [-0.2, 0) is 6.42 Å². The van der Waals surface area contributed by atoms with E-state index < -0.39 is 10.9 Å². The number of nitrogens with one attached hydrogen (secondary N) is 1. The molecule has 1 aliphatic heterocycles. The number of hydrogen-bond acceptors (Lipinski definition) is 4. The molecule has 2 N–H and O–H groups in total. The Hall–Kier alpha value is -2.11. The molecule has 17 heavy (non-hydrogen) atoms. The van der Waals surface area contributed by atoms with Crippen molar-refractivity contribution in [1.82, 2.24) is 0 Å². The Labute approximate surface area is 97.4 Å². The number of aryl methyl sites for hydroxylation is 1. The van der Waals surface area contributed by atoms with Gasteiger partial charge in [-0.15, -0.1) is 0 Å². The fourth-order valence-electron chi connectivity index (χ4n) is 2.02. The van der Waals surface area contributed by atoms with E-state index in [1.54, 1.807) is 0 Å². The summed E-state index contributed by atoms with van der Waals surface area (Å²) in [5, 5.41) is 22.9. The number of non-ortho nitro benzene ring substituents is 1. The molecule has 0 saturated carbocycles. The molecule has 0 aliphatic carbocycles. The van der Waals surface area contributed by atoms with Crippen LogP contribution in [0.2, 0.25) is 0 Å². The van der Waals surface area contributed by atoms with Crippen LogP contribution in [0.3, 0.4) is 0 Å². The summed E-state index contributed by atoms with van der Waals surface area (Å²) in [5.41, 5.74) is 1.07. The van der Waals surface area contributed by atoms with Crippen molar-refractivity contribution in [1.29, 1.82) is 0 Å². The van der Waals surface area contributed by atoms with Gasteiger partial charge in [-0.25, -0.2) is 4.79 Å². The van der Waals surface area contributed by atoms with Crippen LogP contribution in [0.1, 0.15) is 28.8 Å². The van der Waals surface area contributed by atoms with Crippen LogP contribution in [0.5, 0.6) is 0 Å². The van der Waals surface area contributed by atoms with Gasteiger partial charge in [0.05, 0.1) is 16.2 Å². The van der Waals surface area contributed by atoms with Crippen molar-refractivity contribution < 1.29 is 14.8 Å². The molecule has 90 valence electrons. The van der Waals surface area contributed by atoms with Crippen LogP contribution in [0.25, 0.3) is 0 Å². The Balaban J connectivity index is 2.59. The zero-order chi connectivity index (χ0) is 12.4. The van der Waals surface area contributed by atoms with Gasteiger partial charge in [-0.1, -0.05) is 0 Å². The maximum atomic E-state index is 11.1. The van der Waals surface area contributed by atoms with Gasteiger partial charge < -0.3 is 10.4 Å². The lowest BCUT2D eigenvalue weighted by Gasteiger charge is -2.10. The normalized spacial score (nSPS) is 14.4. The van der Waals surface area contributed by atoms with Gasteiger partial charge in [-0.05, 0) is 24.8 Å². The second kappa shape index (κ2) is 4.40. The van der Waals surface area contributed by atoms with Gasteiger partial charge >= 0.3 is 5.97 Å². The van der Waals surface area contributed by atoms with Crippen LogP contribution in [0.15, 0.2) is 12.1 Å². The Bertz CT molecular complexity index is 485. The van der Waals surface area contributed by atoms with Gasteiger partial charge in [0.25, 0.3) is 5.69 Å². The minimum absolute atomic E-state index is 0.0175. The molecule has 1 heterocycles. The molecule has 0 amide bonds. The Morgan fingerprint density at radius 1 is 1.41 bits per heavy atom. The summed E-state index contributed by atoms with van der Waals surface area (Å²) in [6, 6.07) is 2.57. The minimum atomic E-state index is -1.14. The van der Waals surface area contributed by atoms with Gasteiger partial charge in [-0.3, -0.25) is 10.1 Å². The third-order valence-electron chi connectivity index (χ3n) is 2.82. The molecule has 1 aromatic carbocycles. The number of nitro groups is 1. The Kier molecular flexibility index (Phi) is 2.95. The van der Waals surface area contributed by atoms with Gasteiger partial charge in [-0.2, -0.15) is 0 Å². The fraction of sp³-hybridized carbons (Fsp3) is 0.364. The van der Waals surface area contributed by atoms with E-state index >= 15 is 0 Å². The van der Waals surface area contributed by atoms with E-state index in [0.29, 0.717) is 24.2 Å². The van der Waals surface area contributed by atoms with Gasteiger partial charge in [0, 0.05) is 18.7 Å². The lowest BCUT2D eigenvalue weighted by Crippen LogP contribution is -2.08. The molecule has 0 radical (unpaired) electrons. The fourth-order valence-corrected chi connectivity index (χ4v) is 2.02. The lowest BCUT2D eigenvalue weighted by atomic mass is 10.0. The number of nitrogens with zero attached hydrogens (tertiary/aromatic N) is 1. The first-order chi connectivity index (χ1) is 8.09. The summed E-state index contributed by atoms with van der Waals surface area (Å²) >= 11 is 0. The predicted molar refractivity (Wildman–Crippen MR) is 61.5 cm³/mol. The first-order valence-electron chi connectivity index (χ1n) is 5.38. The molecule has 6 nitrogen and oxygen atoms in total. The van der Waals surface area contributed by atoms with Crippen molar-refractivity contribution in [2.75, 3.05) is 11.9 Å². The monoisotopic (exact) mass is 236 g/mol. The number of anilines is 1. The SMILES string of the molecule is O=C(O)c1cc([N+](=O)[O-])cc2c1NCCCC2. The quantitative estimate of drug-likeness (QED) is 0.605. The van der Waals surface area contributed by atoms with Crippen LogP contribution in [0, 0.1) is 10.1 Å². The molecule has 1 aliphatic rings. The number of carboxylic acid groups (broad SMARTS) is 1. The van der Waals surface area contributed by atoms with Crippen molar-refractivity contribution in [2.45, 2.75) is 19.3 Å². The molecule has 0 unspecified atom stereocenters. The van der Waals surface area contributed by atoms with E-state index in [9.17, 15) is 14.9 Å². The molecule has 0 aromatic heterocycles. The molecule has 0 atom stereocenters. The van der Waals surface area contributed by atoms with E-state index in [1.807, 2.05) is 0 Å². The van der Waals surface area contributed by atoms with E-state index in [-0.39, 0.29) is 11.3 Å². The zero-order valence-electron chi connectivity index (χ0n) is 9.10. The minimum Gasteiger partial charge on any atom is -0.478 e. The van der Waals surface area contributed by atoms with Crippen molar-refractivity contribution in [3.8, 4) is 0 Å². The van der Waals surface area contributed by atoms with E-state index in [4.69, 9.17) is 5.11 Å². The maximum absolute atomic E-state index is 11.1. The first-order valence-corrected chi connectivity index (χ1v) is 5.38. The summed E-state index contributed by atoms with van der Waals surface area (Å²) in [6.07, 6.45) is 2.51. The van der Waals surface area contributed by atoms with Crippen LogP contribution >= 0.6 is 0 Å². The number of carbonyl (C=O) groups is 1. The smallest absolute Gasteiger partial charge is 0.338 e. The number of aromatic carboxylic acids is 1. The molecular weight excluding hydrogens is 224 g/mol. The number of fused-ring (bicyclic) bond motifs is 1. The first kappa shape index (κ1) is 11.4. The topological polar surface area (TPSA) is 92.5 Å². The third kappa shape index (κ3) is 2.20. The molecule has 0 fully saturated rings. The van der Waals surface area contributed by atoms with Crippen molar-refractivity contribution in [3.63, 3.8) is 0 Å². The summed E-state index contributed by atoms with van der Waals surface area (Å²) in [5.74, 6) is -1.14. The van der Waals surface area contributed by atoms with Gasteiger partial charge in [0.15, 0.2) is 0 Å². The molecule has 2 rings (SSSR count). The summed E-state index contributed by atoms with van der Waals surface area (Å²) in [4.78, 5) is 21.3. The van der Waals surface area contributed by atoms with E-state index in [0.717, 1.165) is 18.9 Å². The van der Waals surface area contributed by atoms with Crippen molar-refractivity contribution in [2.24, 2.45) is 0 Å². The molecule has 0 bridgehead atoms. The zero-order valence-corrected chi connectivity index (χ0v) is 9.10. The standard InChI is InChI=1S/C11H12N2O4/c14-11(15)9-6-8(13(16)17)5-7-3-1-2-4-12-10(7)9/h5-6,12H,1-4H2,(H,14,15). The highest BCUT2D eigenvalue weighted by Gasteiger charge is 2.21. The second-order valence-electron chi connectivity index (χ2n) is 3.97.